The number of aromatic nitrogens is 1. The van der Waals surface area contributed by atoms with Crippen LogP contribution in [0.4, 0.5) is 0 Å². The predicted molar refractivity (Wildman–Crippen MR) is 93.7 cm³/mol. The Balaban J connectivity index is 2.25. The molecular weight excluding hydrogens is 342 g/mol. The average Bonchev–Trinajstić information content (AvgIpc) is 2.85. The van der Waals surface area contributed by atoms with Crippen LogP contribution in [-0.4, -0.2) is 28.9 Å². The van der Waals surface area contributed by atoms with Gasteiger partial charge >= 0.3 is 0 Å². The molecule has 3 rings (SSSR count). The summed E-state index contributed by atoms with van der Waals surface area (Å²) in [6.07, 6.45) is 0. The lowest BCUT2D eigenvalue weighted by Gasteiger charge is -2.07. The fourth-order valence-electron chi connectivity index (χ4n) is 2.48. The van der Waals surface area contributed by atoms with Gasteiger partial charge in [-0.15, -0.1) is 0 Å². The highest BCUT2D eigenvalue weighted by atomic mass is 79.9. The van der Waals surface area contributed by atoms with E-state index in [1.165, 1.54) is 0 Å². The maximum absolute atomic E-state index is 10.4. The molecule has 4 nitrogen and oxygen atoms in total. The number of nitrogens with zero attached hydrogens (tertiary/aromatic N) is 1. The Morgan fingerprint density at radius 1 is 1.18 bits per heavy atom. The highest BCUT2D eigenvalue weighted by Crippen LogP contribution is 2.31. The maximum Gasteiger partial charge on any atom is 0.199 e. The summed E-state index contributed by atoms with van der Waals surface area (Å²) in [6.45, 7) is 0.966. The average molecular weight is 358 g/mol. The first-order valence-electron chi connectivity index (χ1n) is 7.01. The third-order valence-corrected chi connectivity index (χ3v) is 3.92. The molecule has 1 heterocycles. The van der Waals surface area contributed by atoms with Crippen molar-refractivity contribution in [2.45, 2.75) is 0 Å². The van der Waals surface area contributed by atoms with Gasteiger partial charge in [-0.3, -0.25) is 4.99 Å². The molecule has 3 aromatic rings. The van der Waals surface area contributed by atoms with E-state index in [4.69, 9.17) is 5.73 Å². The van der Waals surface area contributed by atoms with Crippen LogP contribution in [0.15, 0.2) is 58.0 Å². The number of aliphatic imine (C=N–C) groups is 1. The van der Waals surface area contributed by atoms with Gasteiger partial charge in [0.15, 0.2) is 5.88 Å². The van der Waals surface area contributed by atoms with Crippen molar-refractivity contribution in [1.29, 1.82) is 0 Å². The molecule has 0 bridgehead atoms. The molecule has 0 aliphatic heterocycles. The van der Waals surface area contributed by atoms with Crippen molar-refractivity contribution in [3.8, 4) is 5.88 Å². The Morgan fingerprint density at radius 3 is 2.68 bits per heavy atom. The lowest BCUT2D eigenvalue weighted by atomic mass is 10.0. The largest absolute Gasteiger partial charge is 0.494 e. The molecule has 0 aliphatic carbocycles. The minimum absolute atomic E-state index is 0.118. The maximum atomic E-state index is 10.4. The van der Waals surface area contributed by atoms with Crippen molar-refractivity contribution in [2.24, 2.45) is 10.7 Å². The van der Waals surface area contributed by atoms with Crippen LogP contribution in [0.5, 0.6) is 5.88 Å². The summed E-state index contributed by atoms with van der Waals surface area (Å²) in [5.74, 6) is 0.118. The summed E-state index contributed by atoms with van der Waals surface area (Å²) in [6, 6.07) is 15.6. The third kappa shape index (κ3) is 2.77. The zero-order chi connectivity index (χ0) is 15.5. The lowest BCUT2D eigenvalue weighted by molar-refractivity contribution is 0.457. The van der Waals surface area contributed by atoms with E-state index in [0.29, 0.717) is 18.7 Å². The van der Waals surface area contributed by atoms with Gasteiger partial charge in [-0.2, -0.15) is 0 Å². The number of hydrogen-bond acceptors (Lipinski definition) is 3. The van der Waals surface area contributed by atoms with Gasteiger partial charge in [0.1, 0.15) is 0 Å². The quantitative estimate of drug-likeness (QED) is 0.625. The molecular formula is C17H16BrN3O. The first-order valence-corrected chi connectivity index (χ1v) is 7.80. The van der Waals surface area contributed by atoms with Gasteiger partial charge in [0, 0.05) is 27.5 Å². The molecule has 2 aromatic carbocycles. The Kier molecular flexibility index (Phi) is 4.27. The number of halogens is 1. The topological polar surface area (TPSA) is 74.4 Å². The molecule has 0 saturated carbocycles. The molecule has 0 radical (unpaired) electrons. The number of fused-ring (bicyclic) bond motifs is 1. The minimum Gasteiger partial charge on any atom is -0.494 e. The zero-order valence-corrected chi connectivity index (χ0v) is 13.5. The lowest BCUT2D eigenvalue weighted by Crippen LogP contribution is -2.09. The molecule has 4 N–H and O–H groups in total. The fourth-order valence-corrected chi connectivity index (χ4v) is 2.84. The molecule has 5 heteroatoms. The number of nitrogens with one attached hydrogen (secondary N) is 1. The summed E-state index contributed by atoms with van der Waals surface area (Å²) >= 11 is 3.48. The molecule has 0 saturated heterocycles. The van der Waals surface area contributed by atoms with Gasteiger partial charge in [-0.05, 0) is 18.2 Å². The Hall–Kier alpha value is -2.11. The molecule has 0 amide bonds. The number of aromatic amines is 1. The monoisotopic (exact) mass is 357 g/mol. The number of H-pyrrole nitrogens is 1. The zero-order valence-electron chi connectivity index (χ0n) is 11.9. The van der Waals surface area contributed by atoms with Gasteiger partial charge in [-0.1, -0.05) is 46.3 Å². The summed E-state index contributed by atoms with van der Waals surface area (Å²) in [5.41, 5.74) is 8.86. The van der Waals surface area contributed by atoms with Crippen molar-refractivity contribution >= 4 is 32.5 Å². The summed E-state index contributed by atoms with van der Waals surface area (Å²) in [4.78, 5) is 7.60. The second-order valence-electron chi connectivity index (χ2n) is 4.92. The van der Waals surface area contributed by atoms with E-state index in [-0.39, 0.29) is 5.88 Å². The van der Waals surface area contributed by atoms with Crippen LogP contribution >= 0.6 is 15.9 Å². The summed E-state index contributed by atoms with van der Waals surface area (Å²) in [5, 5.41) is 11.3. The number of aromatic hydroxyl groups is 1. The van der Waals surface area contributed by atoms with Crippen LogP contribution < -0.4 is 5.73 Å². The Labute approximate surface area is 136 Å². The first kappa shape index (κ1) is 14.8. The van der Waals surface area contributed by atoms with E-state index in [0.717, 1.165) is 26.7 Å². The van der Waals surface area contributed by atoms with Crippen LogP contribution in [0.25, 0.3) is 10.9 Å². The van der Waals surface area contributed by atoms with Gasteiger partial charge in [0.2, 0.25) is 0 Å². The molecule has 1 aromatic heterocycles. The van der Waals surface area contributed by atoms with Crippen molar-refractivity contribution in [2.75, 3.05) is 13.1 Å². The Bertz CT molecular complexity index is 825. The van der Waals surface area contributed by atoms with Crippen LogP contribution in [0.1, 0.15) is 11.1 Å². The van der Waals surface area contributed by atoms with Crippen molar-refractivity contribution in [3.05, 3.63) is 64.1 Å². The second kappa shape index (κ2) is 6.34. The summed E-state index contributed by atoms with van der Waals surface area (Å²) < 4.78 is 0.950. The predicted octanol–water partition coefficient (Wildman–Crippen LogP) is 3.43. The van der Waals surface area contributed by atoms with E-state index in [1.54, 1.807) is 0 Å². The van der Waals surface area contributed by atoms with Crippen molar-refractivity contribution in [3.63, 3.8) is 0 Å². The van der Waals surface area contributed by atoms with E-state index >= 15 is 0 Å². The molecule has 0 atom stereocenters. The standard InChI is InChI=1S/C17H16BrN3O/c18-12-6-7-14-13(10-12)15(17(22)21-14)16(20-9-8-19)11-4-2-1-3-5-11/h1-7,10,21-22H,8-9,19H2. The van der Waals surface area contributed by atoms with E-state index in [9.17, 15) is 5.11 Å². The molecule has 0 fully saturated rings. The SMILES string of the molecule is NCCN=C(c1ccccc1)c1c(O)[nH]c2ccc(Br)cc12. The van der Waals surface area contributed by atoms with Crippen LogP contribution in [0.3, 0.4) is 0 Å². The number of hydrogen-bond donors (Lipinski definition) is 3. The summed E-state index contributed by atoms with van der Waals surface area (Å²) in [7, 11) is 0. The molecule has 112 valence electrons. The van der Waals surface area contributed by atoms with Gasteiger partial charge in [-0.25, -0.2) is 0 Å². The molecule has 0 unspecified atom stereocenters. The van der Waals surface area contributed by atoms with Gasteiger partial charge in [0.25, 0.3) is 0 Å². The molecule has 22 heavy (non-hydrogen) atoms. The highest BCUT2D eigenvalue weighted by molar-refractivity contribution is 9.10. The van der Waals surface area contributed by atoms with Crippen LogP contribution in [0.2, 0.25) is 0 Å². The van der Waals surface area contributed by atoms with Crippen molar-refractivity contribution in [1.82, 2.24) is 4.98 Å². The fraction of sp³-hybridized carbons (Fsp3) is 0.118. The number of benzene rings is 2. The second-order valence-corrected chi connectivity index (χ2v) is 5.84. The van der Waals surface area contributed by atoms with Crippen LogP contribution in [-0.2, 0) is 0 Å². The number of nitrogens with two attached hydrogens (primary N) is 1. The van der Waals surface area contributed by atoms with Crippen molar-refractivity contribution < 1.29 is 5.11 Å². The van der Waals surface area contributed by atoms with E-state index < -0.39 is 0 Å². The third-order valence-electron chi connectivity index (χ3n) is 3.42. The van der Waals surface area contributed by atoms with Gasteiger partial charge in [0.05, 0.1) is 17.8 Å². The van der Waals surface area contributed by atoms with Crippen LogP contribution in [0, 0.1) is 0 Å². The van der Waals surface area contributed by atoms with Gasteiger partial charge < -0.3 is 15.8 Å². The molecule has 0 spiro atoms. The first-order chi connectivity index (χ1) is 10.7. The normalized spacial score (nSPS) is 12.0. The van der Waals surface area contributed by atoms with E-state index in [2.05, 4.69) is 25.9 Å². The van der Waals surface area contributed by atoms with E-state index in [1.807, 2.05) is 48.5 Å². The Morgan fingerprint density at radius 2 is 1.95 bits per heavy atom. The minimum atomic E-state index is 0.118. The highest BCUT2D eigenvalue weighted by Gasteiger charge is 2.18. The number of rotatable bonds is 4. The molecule has 0 aliphatic rings. The smallest absolute Gasteiger partial charge is 0.199 e.